The average molecular weight is 328 g/mol. The van der Waals surface area contributed by atoms with E-state index in [1.807, 2.05) is 0 Å². The van der Waals surface area contributed by atoms with Gasteiger partial charge in [0.1, 0.15) is 5.75 Å². The van der Waals surface area contributed by atoms with Crippen LogP contribution in [0.5, 0.6) is 5.75 Å². The van der Waals surface area contributed by atoms with Gasteiger partial charge >= 0.3 is 0 Å². The van der Waals surface area contributed by atoms with Crippen LogP contribution in [-0.2, 0) is 11.2 Å². The van der Waals surface area contributed by atoms with Crippen LogP contribution in [-0.4, -0.2) is 20.2 Å². The fourth-order valence-electron chi connectivity index (χ4n) is 5.95. The Morgan fingerprint density at radius 1 is 1.25 bits per heavy atom. The standard InChI is InChI=1S/C21H28O3/c1-21-8-3-4-19(21)17-6-5-14-11-20(24-13-23-2)15(12-22)10-18(14)16(17)7-9-21/h10-12,16-17,19H,3-9,13H2,1-2H3/t16?,17?,19?,21-/m0/s1. The molecule has 4 atom stereocenters. The molecule has 1 aromatic carbocycles. The second kappa shape index (κ2) is 6.18. The number of ether oxygens (including phenoxy) is 2. The first kappa shape index (κ1) is 16.1. The lowest BCUT2D eigenvalue weighted by molar-refractivity contribution is 0.0496. The van der Waals surface area contributed by atoms with Crippen LogP contribution in [0.1, 0.15) is 72.9 Å². The average Bonchev–Trinajstić information content (AvgIpc) is 3.00. The van der Waals surface area contributed by atoms with Gasteiger partial charge in [-0.1, -0.05) is 13.3 Å². The Kier molecular flexibility index (Phi) is 4.16. The van der Waals surface area contributed by atoms with Crippen molar-refractivity contribution in [2.75, 3.05) is 13.9 Å². The third kappa shape index (κ3) is 2.48. The van der Waals surface area contributed by atoms with E-state index in [4.69, 9.17) is 9.47 Å². The Balaban J connectivity index is 1.68. The normalized spacial score (nSPS) is 34.2. The van der Waals surface area contributed by atoms with Gasteiger partial charge in [0.2, 0.25) is 0 Å². The Hall–Kier alpha value is -1.35. The molecule has 0 aliphatic heterocycles. The molecule has 0 radical (unpaired) electrons. The number of aldehydes is 1. The second-order valence-electron chi connectivity index (χ2n) is 8.26. The molecule has 2 saturated carbocycles. The van der Waals surface area contributed by atoms with E-state index in [0.717, 1.165) is 24.5 Å². The van der Waals surface area contributed by atoms with Crippen LogP contribution >= 0.6 is 0 Å². The molecule has 3 heteroatoms. The highest BCUT2D eigenvalue weighted by Crippen LogP contribution is 2.61. The summed E-state index contributed by atoms with van der Waals surface area (Å²) >= 11 is 0. The number of carbonyl (C=O) groups excluding carboxylic acids is 1. The molecular weight excluding hydrogens is 300 g/mol. The number of fused-ring (bicyclic) bond motifs is 5. The third-order valence-electron chi connectivity index (χ3n) is 7.10. The maximum Gasteiger partial charge on any atom is 0.188 e. The van der Waals surface area contributed by atoms with Crippen LogP contribution in [0.2, 0.25) is 0 Å². The van der Waals surface area contributed by atoms with Gasteiger partial charge in [0, 0.05) is 7.11 Å². The predicted octanol–water partition coefficient (Wildman–Crippen LogP) is 4.73. The third-order valence-corrected chi connectivity index (χ3v) is 7.10. The van der Waals surface area contributed by atoms with E-state index in [0.29, 0.717) is 22.6 Å². The minimum atomic E-state index is 0.187. The molecule has 3 nitrogen and oxygen atoms in total. The first-order valence-corrected chi connectivity index (χ1v) is 9.40. The van der Waals surface area contributed by atoms with Crippen molar-refractivity contribution in [3.05, 3.63) is 28.8 Å². The molecule has 3 aliphatic carbocycles. The van der Waals surface area contributed by atoms with Gasteiger partial charge < -0.3 is 9.47 Å². The van der Waals surface area contributed by atoms with Gasteiger partial charge in [0.15, 0.2) is 13.1 Å². The topological polar surface area (TPSA) is 35.5 Å². The van der Waals surface area contributed by atoms with Gasteiger partial charge in [-0.15, -0.1) is 0 Å². The highest BCUT2D eigenvalue weighted by molar-refractivity contribution is 5.80. The summed E-state index contributed by atoms with van der Waals surface area (Å²) in [5.41, 5.74) is 4.06. The number of carbonyl (C=O) groups is 1. The fourth-order valence-corrected chi connectivity index (χ4v) is 5.95. The van der Waals surface area contributed by atoms with Gasteiger partial charge in [0.05, 0.1) is 5.56 Å². The van der Waals surface area contributed by atoms with Crippen molar-refractivity contribution in [1.29, 1.82) is 0 Å². The Morgan fingerprint density at radius 3 is 2.92 bits per heavy atom. The van der Waals surface area contributed by atoms with Crippen LogP contribution < -0.4 is 4.74 Å². The molecule has 3 aliphatic rings. The zero-order valence-corrected chi connectivity index (χ0v) is 14.8. The van der Waals surface area contributed by atoms with E-state index in [1.54, 1.807) is 7.11 Å². The summed E-state index contributed by atoms with van der Waals surface area (Å²) in [4.78, 5) is 11.5. The van der Waals surface area contributed by atoms with Crippen LogP contribution in [0.3, 0.4) is 0 Å². The quantitative estimate of drug-likeness (QED) is 0.592. The molecule has 3 unspecified atom stereocenters. The molecular formula is C21H28O3. The van der Waals surface area contributed by atoms with E-state index in [2.05, 4.69) is 19.1 Å². The van der Waals surface area contributed by atoms with Crippen LogP contribution in [0.25, 0.3) is 0 Å². The molecule has 130 valence electrons. The zero-order chi connectivity index (χ0) is 16.7. The first-order valence-electron chi connectivity index (χ1n) is 9.40. The van der Waals surface area contributed by atoms with Crippen molar-refractivity contribution >= 4 is 6.29 Å². The minimum absolute atomic E-state index is 0.187. The largest absolute Gasteiger partial charge is 0.467 e. The SMILES string of the molecule is COCOc1cc2c(cc1C=O)C1CC[C@]3(C)CCCC3C1CC2. The summed E-state index contributed by atoms with van der Waals surface area (Å²) in [5, 5.41) is 0. The van der Waals surface area contributed by atoms with Crippen molar-refractivity contribution in [1.82, 2.24) is 0 Å². The molecule has 0 saturated heterocycles. The molecule has 0 spiro atoms. The molecule has 0 aromatic heterocycles. The van der Waals surface area contributed by atoms with E-state index >= 15 is 0 Å². The summed E-state index contributed by atoms with van der Waals surface area (Å²) in [5.74, 6) is 3.00. The number of rotatable bonds is 4. The molecule has 0 amide bonds. The first-order chi connectivity index (χ1) is 11.7. The number of methoxy groups -OCH3 is 1. The predicted molar refractivity (Wildman–Crippen MR) is 93.6 cm³/mol. The lowest BCUT2D eigenvalue weighted by Crippen LogP contribution is -2.39. The lowest BCUT2D eigenvalue weighted by Gasteiger charge is -2.49. The Labute approximate surface area is 144 Å². The molecule has 0 bridgehead atoms. The van der Waals surface area contributed by atoms with Gasteiger partial charge in [-0.05, 0) is 85.0 Å². The van der Waals surface area contributed by atoms with Crippen molar-refractivity contribution in [3.8, 4) is 5.75 Å². The number of benzene rings is 1. The van der Waals surface area contributed by atoms with Crippen molar-refractivity contribution < 1.29 is 14.3 Å². The van der Waals surface area contributed by atoms with E-state index in [9.17, 15) is 4.79 Å². The second-order valence-corrected chi connectivity index (χ2v) is 8.26. The number of hydrogen-bond acceptors (Lipinski definition) is 3. The summed E-state index contributed by atoms with van der Waals surface area (Å²) in [6.45, 7) is 2.71. The fraction of sp³-hybridized carbons (Fsp3) is 0.667. The smallest absolute Gasteiger partial charge is 0.188 e. The molecule has 0 heterocycles. The molecule has 1 aromatic rings. The summed E-state index contributed by atoms with van der Waals surface area (Å²) in [6, 6.07) is 4.21. The Bertz CT molecular complexity index is 638. The van der Waals surface area contributed by atoms with E-state index in [1.165, 1.54) is 49.7 Å². The molecule has 24 heavy (non-hydrogen) atoms. The molecule has 0 N–H and O–H groups in total. The molecule has 2 fully saturated rings. The van der Waals surface area contributed by atoms with Gasteiger partial charge in [0.25, 0.3) is 0 Å². The van der Waals surface area contributed by atoms with E-state index in [-0.39, 0.29) is 6.79 Å². The van der Waals surface area contributed by atoms with Crippen LogP contribution in [0.15, 0.2) is 12.1 Å². The lowest BCUT2D eigenvalue weighted by atomic mass is 9.56. The van der Waals surface area contributed by atoms with Crippen molar-refractivity contribution in [2.24, 2.45) is 17.3 Å². The Morgan fingerprint density at radius 2 is 2.12 bits per heavy atom. The van der Waals surface area contributed by atoms with Crippen LogP contribution in [0.4, 0.5) is 0 Å². The highest BCUT2D eigenvalue weighted by atomic mass is 16.7. The van der Waals surface area contributed by atoms with E-state index < -0.39 is 0 Å². The minimum Gasteiger partial charge on any atom is -0.467 e. The summed E-state index contributed by atoms with van der Waals surface area (Å²) in [6.07, 6.45) is 10.2. The number of aryl methyl sites for hydroxylation is 1. The van der Waals surface area contributed by atoms with Gasteiger partial charge in [-0.25, -0.2) is 0 Å². The number of hydrogen-bond donors (Lipinski definition) is 0. The molecule has 4 rings (SSSR count). The maximum absolute atomic E-state index is 11.5. The van der Waals surface area contributed by atoms with Crippen LogP contribution in [0, 0.1) is 17.3 Å². The van der Waals surface area contributed by atoms with Crippen molar-refractivity contribution in [3.63, 3.8) is 0 Å². The van der Waals surface area contributed by atoms with Crippen molar-refractivity contribution in [2.45, 2.75) is 57.8 Å². The summed E-state index contributed by atoms with van der Waals surface area (Å²) in [7, 11) is 1.60. The maximum atomic E-state index is 11.5. The summed E-state index contributed by atoms with van der Waals surface area (Å²) < 4.78 is 10.6. The van der Waals surface area contributed by atoms with Gasteiger partial charge in [-0.2, -0.15) is 0 Å². The van der Waals surface area contributed by atoms with Gasteiger partial charge in [-0.3, -0.25) is 4.79 Å². The zero-order valence-electron chi connectivity index (χ0n) is 14.8. The highest BCUT2D eigenvalue weighted by Gasteiger charge is 2.50. The monoisotopic (exact) mass is 328 g/mol.